The number of piperidine rings is 1. The number of hydrogen-bond acceptors (Lipinski definition) is 3. The summed E-state index contributed by atoms with van der Waals surface area (Å²) in [4.78, 5) is 34.4. The Morgan fingerprint density at radius 1 is 1.00 bits per heavy atom. The maximum absolute atomic E-state index is 13.2. The number of fused-ring (bicyclic) bond motifs is 1. The molecular weight excluding hydrogens is 352 g/mol. The summed E-state index contributed by atoms with van der Waals surface area (Å²) in [6.45, 7) is 2.88. The molecule has 28 heavy (non-hydrogen) atoms. The van der Waals surface area contributed by atoms with Crippen molar-refractivity contribution in [3.05, 3.63) is 53.1 Å². The van der Waals surface area contributed by atoms with Crippen molar-refractivity contribution in [2.24, 2.45) is 0 Å². The minimum absolute atomic E-state index is 0.0207. The van der Waals surface area contributed by atoms with Gasteiger partial charge < -0.3 is 14.4 Å². The number of rotatable bonds is 4. The molecule has 0 radical (unpaired) electrons. The highest BCUT2D eigenvalue weighted by Crippen LogP contribution is 2.24. The molecule has 2 aromatic rings. The zero-order chi connectivity index (χ0) is 19.5. The number of aromatic nitrogens is 2. The molecule has 2 amide bonds. The third-order valence-electron chi connectivity index (χ3n) is 5.76. The average molecular weight is 380 g/mol. The van der Waals surface area contributed by atoms with Gasteiger partial charge in [0.1, 0.15) is 5.69 Å². The topological polar surface area (TPSA) is 58.4 Å². The van der Waals surface area contributed by atoms with Gasteiger partial charge >= 0.3 is 0 Å². The van der Waals surface area contributed by atoms with E-state index in [0.29, 0.717) is 18.1 Å². The maximum atomic E-state index is 13.2. The number of benzene rings is 1. The minimum Gasteiger partial charge on any atom is -0.336 e. The first-order valence-corrected chi connectivity index (χ1v) is 10.3. The Hall–Kier alpha value is -2.63. The van der Waals surface area contributed by atoms with Crippen LogP contribution in [0.2, 0.25) is 0 Å². The summed E-state index contributed by atoms with van der Waals surface area (Å²) < 4.78 is 2.00. The van der Waals surface area contributed by atoms with Gasteiger partial charge in [0.2, 0.25) is 0 Å². The van der Waals surface area contributed by atoms with Gasteiger partial charge in [-0.15, -0.1) is 0 Å². The van der Waals surface area contributed by atoms with Gasteiger partial charge in [-0.2, -0.15) is 0 Å². The molecule has 0 bridgehead atoms. The lowest BCUT2D eigenvalue weighted by Crippen LogP contribution is -2.37. The van der Waals surface area contributed by atoms with E-state index in [1.807, 2.05) is 39.8 Å². The second-order valence-electron chi connectivity index (χ2n) is 7.84. The van der Waals surface area contributed by atoms with Gasteiger partial charge in [0.05, 0.1) is 5.69 Å². The molecule has 1 fully saturated rings. The molecule has 0 unspecified atom stereocenters. The fourth-order valence-corrected chi connectivity index (χ4v) is 4.23. The molecule has 0 atom stereocenters. The lowest BCUT2D eigenvalue weighted by molar-refractivity contribution is 0.0705. The van der Waals surface area contributed by atoms with Crippen molar-refractivity contribution < 1.29 is 9.59 Å². The highest BCUT2D eigenvalue weighted by molar-refractivity contribution is 5.97. The van der Waals surface area contributed by atoms with Gasteiger partial charge in [-0.3, -0.25) is 9.59 Å². The van der Waals surface area contributed by atoms with Crippen LogP contribution in [0.25, 0.3) is 0 Å². The van der Waals surface area contributed by atoms with Crippen LogP contribution < -0.4 is 0 Å². The van der Waals surface area contributed by atoms with Crippen molar-refractivity contribution in [2.75, 3.05) is 20.1 Å². The number of imidazole rings is 1. The van der Waals surface area contributed by atoms with E-state index in [-0.39, 0.29) is 11.8 Å². The third-order valence-corrected chi connectivity index (χ3v) is 5.76. The van der Waals surface area contributed by atoms with E-state index in [9.17, 15) is 9.59 Å². The molecule has 6 heteroatoms. The standard InChI is InChI=1S/C22H28N4O2/c1-24(16-17-10-4-2-5-11-17)21(27)19-18-12-6-9-15-26(18)20(23-19)22(28)25-13-7-3-8-14-25/h2,4-5,10-11H,3,6-9,12-16H2,1H3. The maximum Gasteiger partial charge on any atom is 0.289 e. The van der Waals surface area contributed by atoms with Crippen LogP contribution in [0, 0.1) is 0 Å². The third kappa shape index (κ3) is 3.68. The highest BCUT2D eigenvalue weighted by atomic mass is 16.2. The number of nitrogens with zero attached hydrogens (tertiary/aromatic N) is 4. The molecule has 0 saturated carbocycles. The number of amides is 2. The number of likely N-dealkylation sites (tertiary alicyclic amines) is 1. The molecule has 2 aliphatic rings. The van der Waals surface area contributed by atoms with Crippen molar-refractivity contribution in [3.8, 4) is 0 Å². The van der Waals surface area contributed by atoms with E-state index in [1.165, 1.54) is 6.42 Å². The Morgan fingerprint density at radius 2 is 1.71 bits per heavy atom. The first kappa shape index (κ1) is 18.7. The molecule has 3 heterocycles. The minimum atomic E-state index is -0.104. The van der Waals surface area contributed by atoms with Crippen molar-refractivity contribution in [2.45, 2.75) is 51.6 Å². The van der Waals surface area contributed by atoms with Crippen LogP contribution in [0.1, 0.15) is 64.5 Å². The van der Waals surface area contributed by atoms with Crippen LogP contribution in [0.5, 0.6) is 0 Å². The SMILES string of the molecule is CN(Cc1ccccc1)C(=O)c1nc(C(=O)N2CCCCC2)n2c1CCCC2. The summed E-state index contributed by atoms with van der Waals surface area (Å²) in [6, 6.07) is 9.94. The zero-order valence-electron chi connectivity index (χ0n) is 16.6. The lowest BCUT2D eigenvalue weighted by Gasteiger charge is -2.27. The van der Waals surface area contributed by atoms with Crippen molar-refractivity contribution >= 4 is 11.8 Å². The Balaban J connectivity index is 1.60. The Morgan fingerprint density at radius 3 is 2.46 bits per heavy atom. The summed E-state index contributed by atoms with van der Waals surface area (Å²) in [5, 5.41) is 0. The molecular formula is C22H28N4O2. The summed E-state index contributed by atoms with van der Waals surface area (Å²) in [5.41, 5.74) is 2.46. The molecule has 1 aromatic carbocycles. The molecule has 1 saturated heterocycles. The summed E-state index contributed by atoms with van der Waals surface area (Å²) >= 11 is 0. The predicted molar refractivity (Wildman–Crippen MR) is 107 cm³/mol. The highest BCUT2D eigenvalue weighted by Gasteiger charge is 2.31. The normalized spacial score (nSPS) is 16.5. The van der Waals surface area contributed by atoms with Crippen molar-refractivity contribution in [1.82, 2.24) is 19.4 Å². The van der Waals surface area contributed by atoms with E-state index >= 15 is 0 Å². The summed E-state index contributed by atoms with van der Waals surface area (Å²) in [6.07, 6.45) is 6.14. The molecule has 2 aliphatic heterocycles. The van der Waals surface area contributed by atoms with E-state index in [1.54, 1.807) is 11.9 Å². The van der Waals surface area contributed by atoms with Crippen molar-refractivity contribution in [1.29, 1.82) is 0 Å². The fourth-order valence-electron chi connectivity index (χ4n) is 4.23. The molecule has 148 valence electrons. The molecule has 0 aliphatic carbocycles. The Kier molecular flexibility index (Phi) is 5.46. The van der Waals surface area contributed by atoms with Crippen molar-refractivity contribution in [3.63, 3.8) is 0 Å². The first-order chi connectivity index (χ1) is 13.6. The van der Waals surface area contributed by atoms with Gasteiger partial charge in [0.25, 0.3) is 11.8 Å². The quantitative estimate of drug-likeness (QED) is 0.819. The predicted octanol–water partition coefficient (Wildman–Crippen LogP) is 3.12. The lowest BCUT2D eigenvalue weighted by atomic mass is 10.1. The first-order valence-electron chi connectivity index (χ1n) is 10.3. The summed E-state index contributed by atoms with van der Waals surface area (Å²) in [7, 11) is 1.80. The van der Waals surface area contributed by atoms with Gasteiger partial charge in [-0.1, -0.05) is 30.3 Å². The van der Waals surface area contributed by atoms with Crippen LogP contribution in [0.15, 0.2) is 30.3 Å². The Labute approximate surface area is 166 Å². The second kappa shape index (κ2) is 8.17. The molecule has 6 nitrogen and oxygen atoms in total. The molecule has 0 spiro atoms. The van der Waals surface area contributed by atoms with E-state index < -0.39 is 0 Å². The number of carbonyl (C=O) groups excluding carboxylic acids is 2. The fraction of sp³-hybridized carbons (Fsp3) is 0.500. The van der Waals surface area contributed by atoms with Gasteiger partial charge in [-0.05, 0) is 44.1 Å². The average Bonchev–Trinajstić information content (AvgIpc) is 3.13. The van der Waals surface area contributed by atoms with Crippen LogP contribution in [0.4, 0.5) is 0 Å². The monoisotopic (exact) mass is 380 g/mol. The van der Waals surface area contributed by atoms with Crippen LogP contribution in [-0.4, -0.2) is 51.3 Å². The van der Waals surface area contributed by atoms with Crippen LogP contribution >= 0.6 is 0 Å². The second-order valence-corrected chi connectivity index (χ2v) is 7.84. The molecule has 0 N–H and O–H groups in total. The van der Waals surface area contributed by atoms with Crippen LogP contribution in [-0.2, 0) is 19.5 Å². The van der Waals surface area contributed by atoms with E-state index in [0.717, 1.165) is 63.0 Å². The van der Waals surface area contributed by atoms with Gasteiger partial charge in [0.15, 0.2) is 5.82 Å². The molecule has 4 rings (SSSR count). The largest absolute Gasteiger partial charge is 0.336 e. The smallest absolute Gasteiger partial charge is 0.289 e. The molecule has 1 aromatic heterocycles. The van der Waals surface area contributed by atoms with Gasteiger partial charge in [0, 0.05) is 33.2 Å². The summed E-state index contributed by atoms with van der Waals surface area (Å²) in [5.74, 6) is 0.327. The van der Waals surface area contributed by atoms with E-state index in [2.05, 4.69) is 4.98 Å². The zero-order valence-corrected chi connectivity index (χ0v) is 16.6. The number of carbonyl (C=O) groups is 2. The van der Waals surface area contributed by atoms with Crippen LogP contribution in [0.3, 0.4) is 0 Å². The van der Waals surface area contributed by atoms with E-state index in [4.69, 9.17) is 0 Å². The number of hydrogen-bond donors (Lipinski definition) is 0. The van der Waals surface area contributed by atoms with Gasteiger partial charge in [-0.25, -0.2) is 4.98 Å². The Bertz CT molecular complexity index is 853.